The van der Waals surface area contributed by atoms with Crippen molar-refractivity contribution in [1.82, 2.24) is 10.9 Å². The number of aliphatic hydroxyl groups is 1. The summed E-state index contributed by atoms with van der Waals surface area (Å²) < 4.78 is 0. The van der Waals surface area contributed by atoms with E-state index in [0.717, 1.165) is 0 Å². The first-order valence-corrected chi connectivity index (χ1v) is 7.48. The summed E-state index contributed by atoms with van der Waals surface area (Å²) in [5, 5.41) is 10.6. The van der Waals surface area contributed by atoms with Crippen LogP contribution < -0.4 is 10.9 Å². The highest BCUT2D eigenvalue weighted by molar-refractivity contribution is 7.99. The Balaban J connectivity index is 2.15. The van der Waals surface area contributed by atoms with Gasteiger partial charge in [0.05, 0.1) is 10.6 Å². The summed E-state index contributed by atoms with van der Waals surface area (Å²) in [5.74, 6) is 0.573. The van der Waals surface area contributed by atoms with E-state index in [2.05, 4.69) is 10.9 Å². The van der Waals surface area contributed by atoms with Crippen molar-refractivity contribution in [2.75, 3.05) is 18.1 Å². The molecule has 1 aromatic heterocycles. The van der Waals surface area contributed by atoms with Gasteiger partial charge < -0.3 is 5.11 Å². The number of nitrogens with one attached hydrogen (secondary N) is 2. The van der Waals surface area contributed by atoms with E-state index in [9.17, 15) is 9.59 Å². The molecule has 1 atom stereocenters. The monoisotopic (exact) mass is 288 g/mol. The van der Waals surface area contributed by atoms with Crippen molar-refractivity contribution in [2.24, 2.45) is 5.92 Å². The molecule has 18 heavy (non-hydrogen) atoms. The highest BCUT2D eigenvalue weighted by atomic mass is 32.2. The lowest BCUT2D eigenvalue weighted by atomic mass is 10.2. The Kier molecular flexibility index (Phi) is 6.77. The van der Waals surface area contributed by atoms with E-state index in [0.29, 0.717) is 10.6 Å². The minimum Gasteiger partial charge on any atom is -0.396 e. The molecule has 0 fully saturated rings. The zero-order chi connectivity index (χ0) is 13.4. The SMILES string of the molecule is CC(CO)CSCC(=O)NNC(=O)c1cccs1. The van der Waals surface area contributed by atoms with Gasteiger partial charge in [-0.2, -0.15) is 11.8 Å². The fraction of sp³-hybridized carbons (Fsp3) is 0.455. The van der Waals surface area contributed by atoms with E-state index < -0.39 is 0 Å². The highest BCUT2D eigenvalue weighted by Gasteiger charge is 2.08. The van der Waals surface area contributed by atoms with Crippen molar-refractivity contribution in [3.05, 3.63) is 22.4 Å². The van der Waals surface area contributed by atoms with Crippen molar-refractivity contribution in [3.8, 4) is 0 Å². The van der Waals surface area contributed by atoms with Gasteiger partial charge in [-0.05, 0) is 23.1 Å². The van der Waals surface area contributed by atoms with E-state index >= 15 is 0 Å². The predicted molar refractivity (Wildman–Crippen MR) is 73.5 cm³/mol. The fourth-order valence-corrected chi connectivity index (χ4v) is 2.54. The number of carbonyl (C=O) groups is 2. The molecule has 0 aliphatic carbocycles. The Bertz CT molecular complexity index is 382. The molecule has 3 N–H and O–H groups in total. The minimum absolute atomic E-state index is 0.115. The maximum absolute atomic E-state index is 11.5. The smallest absolute Gasteiger partial charge is 0.279 e. The van der Waals surface area contributed by atoms with Gasteiger partial charge in [0.1, 0.15) is 0 Å². The average molecular weight is 288 g/mol. The number of amides is 2. The molecular weight excluding hydrogens is 272 g/mol. The molecular formula is C11H16N2O3S2. The van der Waals surface area contributed by atoms with E-state index in [-0.39, 0.29) is 30.1 Å². The summed E-state index contributed by atoms with van der Waals surface area (Å²) in [6.07, 6.45) is 0. The molecule has 1 rings (SSSR count). The number of thioether (sulfide) groups is 1. The molecule has 0 radical (unpaired) electrons. The Morgan fingerprint density at radius 1 is 1.50 bits per heavy atom. The molecule has 0 saturated heterocycles. The summed E-state index contributed by atoms with van der Waals surface area (Å²) in [7, 11) is 0. The third-order valence-electron chi connectivity index (χ3n) is 2.01. The summed E-state index contributed by atoms with van der Waals surface area (Å²) in [4.78, 5) is 23.4. The van der Waals surface area contributed by atoms with Gasteiger partial charge in [-0.15, -0.1) is 11.3 Å². The molecule has 0 saturated carbocycles. The Hall–Kier alpha value is -1.05. The van der Waals surface area contributed by atoms with Gasteiger partial charge in [-0.25, -0.2) is 0 Å². The van der Waals surface area contributed by atoms with Gasteiger partial charge >= 0.3 is 0 Å². The number of thiophene rings is 1. The second-order valence-electron chi connectivity index (χ2n) is 3.78. The average Bonchev–Trinajstić information content (AvgIpc) is 2.89. The normalized spacial score (nSPS) is 11.9. The maximum Gasteiger partial charge on any atom is 0.279 e. The van der Waals surface area contributed by atoms with Crippen LogP contribution in [0.4, 0.5) is 0 Å². The van der Waals surface area contributed by atoms with Crippen LogP contribution in [0.2, 0.25) is 0 Å². The standard InChI is InChI=1S/C11H16N2O3S2/c1-8(5-14)6-17-7-10(15)12-13-11(16)9-3-2-4-18-9/h2-4,8,14H,5-7H2,1H3,(H,12,15)(H,13,16). The molecule has 5 nitrogen and oxygen atoms in total. The van der Waals surface area contributed by atoms with Crippen LogP contribution in [0.5, 0.6) is 0 Å². The van der Waals surface area contributed by atoms with Crippen LogP contribution in [0.1, 0.15) is 16.6 Å². The second kappa shape index (κ2) is 8.12. The largest absolute Gasteiger partial charge is 0.396 e. The highest BCUT2D eigenvalue weighted by Crippen LogP contribution is 2.08. The molecule has 0 bridgehead atoms. The summed E-state index contributed by atoms with van der Waals surface area (Å²) in [6.45, 7) is 2.02. The quantitative estimate of drug-likeness (QED) is 0.679. The number of rotatable bonds is 6. The lowest BCUT2D eigenvalue weighted by molar-refractivity contribution is -0.119. The van der Waals surface area contributed by atoms with Crippen molar-refractivity contribution in [3.63, 3.8) is 0 Å². The summed E-state index contributed by atoms with van der Waals surface area (Å²) >= 11 is 2.73. The first-order chi connectivity index (χ1) is 8.63. The Morgan fingerprint density at radius 3 is 2.89 bits per heavy atom. The first-order valence-electron chi connectivity index (χ1n) is 5.44. The van der Waals surface area contributed by atoms with Crippen LogP contribution in [0.15, 0.2) is 17.5 Å². The molecule has 1 heterocycles. The van der Waals surface area contributed by atoms with E-state index in [1.54, 1.807) is 17.5 Å². The van der Waals surface area contributed by atoms with Crippen molar-refractivity contribution >= 4 is 34.9 Å². The van der Waals surface area contributed by atoms with E-state index in [4.69, 9.17) is 5.11 Å². The topological polar surface area (TPSA) is 78.4 Å². The third kappa shape index (κ3) is 5.52. The number of aliphatic hydroxyl groups excluding tert-OH is 1. The zero-order valence-corrected chi connectivity index (χ0v) is 11.6. The summed E-state index contributed by atoms with van der Waals surface area (Å²) in [6, 6.07) is 3.46. The number of hydrogen-bond donors (Lipinski definition) is 3. The number of carbonyl (C=O) groups excluding carboxylic acids is 2. The van der Waals surface area contributed by atoms with Crippen molar-refractivity contribution in [2.45, 2.75) is 6.92 Å². The molecule has 0 spiro atoms. The summed E-state index contributed by atoms with van der Waals surface area (Å²) in [5.41, 5.74) is 4.69. The molecule has 0 aromatic carbocycles. The number of hydrogen-bond acceptors (Lipinski definition) is 5. The molecule has 0 aliphatic rings. The van der Waals surface area contributed by atoms with Crippen LogP contribution in [-0.2, 0) is 4.79 Å². The lowest BCUT2D eigenvalue weighted by Gasteiger charge is -2.08. The molecule has 1 aromatic rings. The molecule has 2 amide bonds. The van der Waals surface area contributed by atoms with Gasteiger partial charge in [0, 0.05) is 6.61 Å². The second-order valence-corrected chi connectivity index (χ2v) is 5.76. The van der Waals surface area contributed by atoms with Crippen LogP contribution >= 0.6 is 23.1 Å². The molecule has 100 valence electrons. The molecule has 7 heteroatoms. The van der Waals surface area contributed by atoms with Crippen LogP contribution in [0.3, 0.4) is 0 Å². The molecule has 0 aliphatic heterocycles. The number of hydrazine groups is 1. The van der Waals surface area contributed by atoms with Crippen LogP contribution in [-0.4, -0.2) is 35.0 Å². The van der Waals surface area contributed by atoms with Gasteiger partial charge in [-0.1, -0.05) is 13.0 Å². The van der Waals surface area contributed by atoms with Gasteiger partial charge in [0.2, 0.25) is 5.91 Å². The molecule has 1 unspecified atom stereocenters. The van der Waals surface area contributed by atoms with Gasteiger partial charge in [-0.3, -0.25) is 20.4 Å². The zero-order valence-electron chi connectivity index (χ0n) is 10.0. The fourth-order valence-electron chi connectivity index (χ4n) is 1.04. The Labute approximate surface area is 114 Å². The van der Waals surface area contributed by atoms with Crippen LogP contribution in [0, 0.1) is 5.92 Å². The van der Waals surface area contributed by atoms with E-state index in [1.807, 2.05) is 6.92 Å². The van der Waals surface area contributed by atoms with Gasteiger partial charge in [0.15, 0.2) is 0 Å². The van der Waals surface area contributed by atoms with Crippen molar-refractivity contribution in [1.29, 1.82) is 0 Å². The first kappa shape index (κ1) is 15.0. The predicted octanol–water partition coefficient (Wildman–Crippen LogP) is 0.871. The Morgan fingerprint density at radius 2 is 2.28 bits per heavy atom. The maximum atomic E-state index is 11.5. The third-order valence-corrected chi connectivity index (χ3v) is 4.15. The lowest BCUT2D eigenvalue weighted by Crippen LogP contribution is -2.42. The van der Waals surface area contributed by atoms with Crippen molar-refractivity contribution < 1.29 is 14.7 Å². The van der Waals surface area contributed by atoms with E-state index in [1.165, 1.54) is 23.1 Å². The minimum atomic E-state index is -0.313. The van der Waals surface area contributed by atoms with Gasteiger partial charge in [0.25, 0.3) is 5.91 Å². The van der Waals surface area contributed by atoms with Crippen LogP contribution in [0.25, 0.3) is 0 Å².